The lowest BCUT2D eigenvalue weighted by molar-refractivity contribution is -0.133. The molecule has 7 nitrogen and oxygen atoms in total. The molecule has 2 saturated carbocycles. The molecule has 5 rings (SSSR count). The minimum absolute atomic E-state index is 0.184. The summed E-state index contributed by atoms with van der Waals surface area (Å²) in [5.74, 6) is 3.93. The zero-order valence-electron chi connectivity index (χ0n) is 18.8. The van der Waals surface area contributed by atoms with Gasteiger partial charge in [-0.1, -0.05) is 33.6 Å². The number of fused-ring (bicyclic) bond motifs is 1. The van der Waals surface area contributed by atoms with E-state index < -0.39 is 0 Å². The molecule has 2 amide bonds. The maximum Gasteiger partial charge on any atom is 0.226 e. The minimum Gasteiger partial charge on any atom is -0.381 e. The van der Waals surface area contributed by atoms with Gasteiger partial charge in [-0.15, -0.1) is 0 Å². The molecule has 0 aromatic heterocycles. The van der Waals surface area contributed by atoms with Gasteiger partial charge in [0.2, 0.25) is 11.8 Å². The van der Waals surface area contributed by atoms with Crippen LogP contribution in [0.3, 0.4) is 0 Å². The molecular weight excluding hydrogens is 380 g/mol. The van der Waals surface area contributed by atoms with Gasteiger partial charge in [0.1, 0.15) is 0 Å². The van der Waals surface area contributed by atoms with Crippen molar-refractivity contribution in [3.8, 4) is 0 Å². The van der Waals surface area contributed by atoms with Crippen LogP contribution >= 0.6 is 0 Å². The zero-order chi connectivity index (χ0) is 21.6. The molecule has 5 aliphatic rings. The van der Waals surface area contributed by atoms with Crippen molar-refractivity contribution < 1.29 is 14.3 Å². The Kier molecular flexibility index (Phi) is 6.43. The van der Waals surface area contributed by atoms with E-state index in [2.05, 4.69) is 20.8 Å². The Hall–Kier alpha value is -1.18. The highest BCUT2D eigenvalue weighted by molar-refractivity contribution is 5.83. The van der Waals surface area contributed by atoms with E-state index in [1.54, 1.807) is 0 Å². The van der Waals surface area contributed by atoms with Crippen LogP contribution in [0.2, 0.25) is 0 Å². The predicted octanol–water partition coefficient (Wildman–Crippen LogP) is 0.913. The normalized spacial score (nSPS) is 43.8. The molecule has 3 heterocycles. The van der Waals surface area contributed by atoms with Crippen LogP contribution in [0.25, 0.3) is 0 Å². The van der Waals surface area contributed by atoms with Crippen LogP contribution in [-0.2, 0) is 14.3 Å². The van der Waals surface area contributed by atoms with Crippen molar-refractivity contribution in [2.45, 2.75) is 52.1 Å². The van der Waals surface area contributed by atoms with E-state index in [-0.39, 0.29) is 18.0 Å². The van der Waals surface area contributed by atoms with E-state index >= 15 is 0 Å². The first kappa shape index (κ1) is 22.0. The van der Waals surface area contributed by atoms with Gasteiger partial charge in [0.25, 0.3) is 0 Å². The van der Waals surface area contributed by atoms with E-state index in [0.717, 1.165) is 58.7 Å². The van der Waals surface area contributed by atoms with Gasteiger partial charge in [0.05, 0.1) is 13.2 Å². The number of rotatable bonds is 4. The van der Waals surface area contributed by atoms with Crippen LogP contribution in [0.1, 0.15) is 40.0 Å². The van der Waals surface area contributed by atoms with E-state index in [9.17, 15) is 9.59 Å². The first-order valence-electron chi connectivity index (χ1n) is 12.0. The van der Waals surface area contributed by atoms with Crippen molar-refractivity contribution in [2.75, 3.05) is 39.4 Å². The molecule has 0 aromatic carbocycles. The highest BCUT2D eigenvalue weighted by Crippen LogP contribution is 2.51. The first-order valence-corrected chi connectivity index (χ1v) is 12.0. The van der Waals surface area contributed by atoms with E-state index in [1.807, 2.05) is 9.80 Å². The Morgan fingerprint density at radius 1 is 0.867 bits per heavy atom. The van der Waals surface area contributed by atoms with Crippen LogP contribution in [0, 0.1) is 41.4 Å². The molecule has 5 fully saturated rings. The Balaban J connectivity index is 0.000000147. The number of ether oxygens (including phenoxy) is 1. The fraction of sp³-hybridized carbons (Fsp3) is 0.913. The largest absolute Gasteiger partial charge is 0.381 e. The average Bonchev–Trinajstić information content (AvgIpc) is 3.39. The smallest absolute Gasteiger partial charge is 0.226 e. The van der Waals surface area contributed by atoms with E-state index in [0.29, 0.717) is 47.3 Å². The standard InChI is InChI=1S/C12H20N2O2.C11H20N2O/c1-2-7-3-14(4-10(7)13)12(15)11-8-5-16-6-9(8)11;1-3-8-5-13(6-10(8)12)11(14)9-4-7(9)2/h7-11H,2-6,13H2,1H3;7-10H,3-6,12H2,1-2H3. The number of hydrogen-bond acceptors (Lipinski definition) is 5. The molecular formula is C23H40N4O3. The van der Waals surface area contributed by atoms with Crippen molar-refractivity contribution >= 4 is 11.8 Å². The summed E-state index contributed by atoms with van der Waals surface area (Å²) in [5, 5.41) is 0. The quantitative estimate of drug-likeness (QED) is 0.704. The van der Waals surface area contributed by atoms with Crippen LogP contribution in [0.5, 0.6) is 0 Å². The molecule has 0 radical (unpaired) electrons. The second-order valence-electron chi connectivity index (χ2n) is 10.4. The monoisotopic (exact) mass is 420 g/mol. The van der Waals surface area contributed by atoms with E-state index in [4.69, 9.17) is 16.2 Å². The number of nitrogens with zero attached hydrogens (tertiary/aromatic N) is 2. The number of likely N-dealkylation sites (tertiary alicyclic amines) is 2. The number of carbonyl (C=O) groups excluding carboxylic acids is 2. The number of amides is 2. The van der Waals surface area contributed by atoms with Gasteiger partial charge in [-0.2, -0.15) is 0 Å². The fourth-order valence-corrected chi connectivity index (χ4v) is 5.73. The molecule has 2 aliphatic carbocycles. The van der Waals surface area contributed by atoms with Gasteiger partial charge in [-0.3, -0.25) is 9.59 Å². The molecule has 3 aliphatic heterocycles. The van der Waals surface area contributed by atoms with Gasteiger partial charge in [0.15, 0.2) is 0 Å². The van der Waals surface area contributed by atoms with Gasteiger partial charge in [-0.25, -0.2) is 0 Å². The maximum absolute atomic E-state index is 12.2. The highest BCUT2D eigenvalue weighted by atomic mass is 16.5. The minimum atomic E-state index is 0.184. The van der Waals surface area contributed by atoms with Gasteiger partial charge >= 0.3 is 0 Å². The lowest BCUT2D eigenvalue weighted by Gasteiger charge is -2.17. The van der Waals surface area contributed by atoms with Gasteiger partial charge < -0.3 is 26.0 Å². The Labute approximate surface area is 180 Å². The summed E-state index contributed by atoms with van der Waals surface area (Å²) in [6, 6.07) is 0.391. The Morgan fingerprint density at radius 3 is 1.73 bits per heavy atom. The van der Waals surface area contributed by atoms with Crippen molar-refractivity contribution in [2.24, 2.45) is 52.9 Å². The number of carbonyl (C=O) groups is 2. The van der Waals surface area contributed by atoms with Crippen molar-refractivity contribution in [3.05, 3.63) is 0 Å². The average molecular weight is 421 g/mol. The molecule has 30 heavy (non-hydrogen) atoms. The molecule has 0 aromatic rings. The van der Waals surface area contributed by atoms with Crippen molar-refractivity contribution in [1.29, 1.82) is 0 Å². The lowest BCUT2D eigenvalue weighted by atomic mass is 10.0. The third-order valence-electron chi connectivity index (χ3n) is 8.32. The third kappa shape index (κ3) is 4.26. The Morgan fingerprint density at radius 2 is 1.33 bits per heavy atom. The van der Waals surface area contributed by atoms with Gasteiger partial charge in [0, 0.05) is 50.1 Å². The second kappa shape index (κ2) is 8.75. The predicted molar refractivity (Wildman–Crippen MR) is 115 cm³/mol. The SMILES string of the molecule is CCC1CN(C(=O)C2C3COCC32)CC1N.CCC1CN(C(=O)C2CC2C)CC1N. The summed E-state index contributed by atoms with van der Waals surface area (Å²) < 4.78 is 5.32. The summed E-state index contributed by atoms with van der Waals surface area (Å²) in [6.45, 7) is 11.3. The van der Waals surface area contributed by atoms with Crippen LogP contribution in [-0.4, -0.2) is 73.1 Å². The molecule has 0 bridgehead atoms. The first-order chi connectivity index (χ1) is 14.3. The van der Waals surface area contributed by atoms with E-state index in [1.165, 1.54) is 0 Å². The summed E-state index contributed by atoms with van der Waals surface area (Å²) in [6.07, 6.45) is 3.25. The topological polar surface area (TPSA) is 102 Å². The number of nitrogens with two attached hydrogens (primary N) is 2. The summed E-state index contributed by atoms with van der Waals surface area (Å²) in [5.41, 5.74) is 12.0. The highest BCUT2D eigenvalue weighted by Gasteiger charge is 2.59. The van der Waals surface area contributed by atoms with Crippen LogP contribution in [0.15, 0.2) is 0 Å². The lowest BCUT2D eigenvalue weighted by Crippen LogP contribution is -2.34. The maximum atomic E-state index is 12.2. The van der Waals surface area contributed by atoms with Gasteiger partial charge in [-0.05, 0) is 36.0 Å². The molecule has 170 valence electrons. The molecule has 0 spiro atoms. The zero-order valence-corrected chi connectivity index (χ0v) is 18.8. The Bertz CT molecular complexity index is 648. The summed E-state index contributed by atoms with van der Waals surface area (Å²) in [4.78, 5) is 28.1. The number of hydrogen-bond donors (Lipinski definition) is 2. The van der Waals surface area contributed by atoms with Crippen molar-refractivity contribution in [1.82, 2.24) is 9.80 Å². The fourth-order valence-electron chi connectivity index (χ4n) is 5.73. The molecule has 4 N–H and O–H groups in total. The molecule has 7 heteroatoms. The summed E-state index contributed by atoms with van der Waals surface area (Å²) >= 11 is 0. The second-order valence-corrected chi connectivity index (χ2v) is 10.4. The van der Waals surface area contributed by atoms with Crippen LogP contribution < -0.4 is 11.5 Å². The third-order valence-corrected chi connectivity index (χ3v) is 8.32. The molecule has 8 unspecified atom stereocenters. The van der Waals surface area contributed by atoms with Crippen LogP contribution in [0.4, 0.5) is 0 Å². The summed E-state index contributed by atoms with van der Waals surface area (Å²) in [7, 11) is 0. The van der Waals surface area contributed by atoms with Crippen molar-refractivity contribution in [3.63, 3.8) is 0 Å². The molecule has 8 atom stereocenters. The molecule has 3 saturated heterocycles.